The van der Waals surface area contributed by atoms with Crippen LogP contribution in [0.1, 0.15) is 32.8 Å². The zero-order valence-corrected chi connectivity index (χ0v) is 10.9. The van der Waals surface area contributed by atoms with Crippen molar-refractivity contribution in [3.05, 3.63) is 35.9 Å². The minimum Gasteiger partial charge on any atom is -0.316 e. The first-order valence-electron chi connectivity index (χ1n) is 6.43. The highest BCUT2D eigenvalue weighted by Gasteiger charge is 2.03. The van der Waals surface area contributed by atoms with Crippen LogP contribution in [0.15, 0.2) is 30.3 Å². The molecule has 0 aliphatic heterocycles. The van der Waals surface area contributed by atoms with Crippen LogP contribution in [0.2, 0.25) is 0 Å². The van der Waals surface area contributed by atoms with Crippen molar-refractivity contribution < 1.29 is 0 Å². The van der Waals surface area contributed by atoms with E-state index in [1.807, 2.05) is 0 Å². The van der Waals surface area contributed by atoms with Gasteiger partial charge in [-0.3, -0.25) is 0 Å². The molecule has 90 valence electrons. The summed E-state index contributed by atoms with van der Waals surface area (Å²) in [6.45, 7) is 9.12. The lowest BCUT2D eigenvalue weighted by atomic mass is 9.98. The zero-order valence-electron chi connectivity index (χ0n) is 10.9. The molecule has 0 aliphatic carbocycles. The Bertz CT molecular complexity index is 266. The van der Waals surface area contributed by atoms with Crippen LogP contribution in [0.25, 0.3) is 0 Å². The van der Waals surface area contributed by atoms with E-state index < -0.39 is 0 Å². The summed E-state index contributed by atoms with van der Waals surface area (Å²) in [5, 5.41) is 3.50. The first-order valence-corrected chi connectivity index (χ1v) is 6.43. The predicted molar refractivity (Wildman–Crippen MR) is 71.6 cm³/mol. The molecule has 1 N–H and O–H groups in total. The second kappa shape index (κ2) is 7.45. The molecule has 1 aromatic rings. The second-order valence-corrected chi connectivity index (χ2v) is 5.18. The van der Waals surface area contributed by atoms with E-state index in [-0.39, 0.29) is 0 Å². The van der Waals surface area contributed by atoms with E-state index in [1.165, 1.54) is 18.4 Å². The molecule has 16 heavy (non-hydrogen) atoms. The maximum atomic E-state index is 3.50. The Kier molecular flexibility index (Phi) is 6.17. The number of benzene rings is 1. The van der Waals surface area contributed by atoms with Crippen LogP contribution in [-0.4, -0.2) is 13.1 Å². The van der Waals surface area contributed by atoms with Gasteiger partial charge in [-0.15, -0.1) is 0 Å². The van der Waals surface area contributed by atoms with Gasteiger partial charge >= 0.3 is 0 Å². The molecule has 0 saturated heterocycles. The molecule has 1 unspecified atom stereocenters. The highest BCUT2D eigenvalue weighted by Crippen LogP contribution is 2.10. The number of hydrogen-bond donors (Lipinski definition) is 1. The SMILES string of the molecule is CC(C)CNCCC(C)Cc1ccccc1. The molecule has 0 aliphatic rings. The lowest BCUT2D eigenvalue weighted by Crippen LogP contribution is -2.22. The minimum atomic E-state index is 0.754. The van der Waals surface area contributed by atoms with Crippen molar-refractivity contribution >= 4 is 0 Å². The molecule has 0 heterocycles. The van der Waals surface area contributed by atoms with E-state index in [4.69, 9.17) is 0 Å². The van der Waals surface area contributed by atoms with Crippen LogP contribution >= 0.6 is 0 Å². The number of nitrogens with one attached hydrogen (secondary N) is 1. The molecule has 0 spiro atoms. The molecule has 0 bridgehead atoms. The number of rotatable bonds is 7. The van der Waals surface area contributed by atoms with Crippen molar-refractivity contribution in [1.82, 2.24) is 5.32 Å². The zero-order chi connectivity index (χ0) is 11.8. The first-order chi connectivity index (χ1) is 7.68. The third kappa shape index (κ3) is 5.92. The van der Waals surface area contributed by atoms with E-state index in [1.54, 1.807) is 0 Å². The van der Waals surface area contributed by atoms with Crippen LogP contribution in [-0.2, 0) is 6.42 Å². The van der Waals surface area contributed by atoms with Gasteiger partial charge in [0.05, 0.1) is 0 Å². The summed E-state index contributed by atoms with van der Waals surface area (Å²) in [4.78, 5) is 0. The molecule has 1 heteroatoms. The molecule has 1 nitrogen and oxygen atoms in total. The fourth-order valence-corrected chi connectivity index (χ4v) is 1.86. The maximum absolute atomic E-state index is 3.50. The highest BCUT2D eigenvalue weighted by molar-refractivity contribution is 5.14. The topological polar surface area (TPSA) is 12.0 Å². The predicted octanol–water partition coefficient (Wildman–Crippen LogP) is 3.50. The quantitative estimate of drug-likeness (QED) is 0.692. The highest BCUT2D eigenvalue weighted by atomic mass is 14.8. The van der Waals surface area contributed by atoms with Gasteiger partial charge < -0.3 is 5.32 Å². The van der Waals surface area contributed by atoms with Gasteiger partial charge in [-0.1, -0.05) is 51.1 Å². The van der Waals surface area contributed by atoms with Crippen molar-refractivity contribution in [1.29, 1.82) is 0 Å². The Morgan fingerprint density at radius 2 is 1.75 bits per heavy atom. The van der Waals surface area contributed by atoms with Crippen molar-refractivity contribution in [2.75, 3.05) is 13.1 Å². The van der Waals surface area contributed by atoms with Crippen LogP contribution in [0.3, 0.4) is 0 Å². The lowest BCUT2D eigenvalue weighted by Gasteiger charge is -2.13. The molecule has 0 fully saturated rings. The molecule has 1 atom stereocenters. The smallest absolute Gasteiger partial charge is 0.00258 e. The van der Waals surface area contributed by atoms with E-state index in [0.717, 1.165) is 24.9 Å². The van der Waals surface area contributed by atoms with Crippen LogP contribution in [0.5, 0.6) is 0 Å². The largest absolute Gasteiger partial charge is 0.316 e. The maximum Gasteiger partial charge on any atom is -0.00258 e. The molecule has 0 radical (unpaired) electrons. The second-order valence-electron chi connectivity index (χ2n) is 5.18. The van der Waals surface area contributed by atoms with Crippen LogP contribution in [0.4, 0.5) is 0 Å². The summed E-state index contributed by atoms with van der Waals surface area (Å²) in [5.41, 5.74) is 1.46. The molecule has 1 rings (SSSR count). The Morgan fingerprint density at radius 1 is 1.06 bits per heavy atom. The summed E-state index contributed by atoms with van der Waals surface area (Å²) < 4.78 is 0. The van der Waals surface area contributed by atoms with Gasteiger partial charge in [-0.05, 0) is 43.3 Å². The molecule has 0 amide bonds. The Balaban J connectivity index is 2.14. The minimum absolute atomic E-state index is 0.754. The normalized spacial score (nSPS) is 13.0. The fraction of sp³-hybridized carbons (Fsp3) is 0.600. The average Bonchev–Trinajstić information content (AvgIpc) is 2.25. The summed E-state index contributed by atoms with van der Waals surface area (Å²) >= 11 is 0. The van der Waals surface area contributed by atoms with Crippen molar-refractivity contribution in [2.24, 2.45) is 11.8 Å². The summed E-state index contributed by atoms with van der Waals surface area (Å²) in [7, 11) is 0. The molecule has 0 saturated carbocycles. The van der Waals surface area contributed by atoms with Crippen LogP contribution in [0, 0.1) is 11.8 Å². The average molecular weight is 219 g/mol. The van der Waals surface area contributed by atoms with Gasteiger partial charge in [0.1, 0.15) is 0 Å². The van der Waals surface area contributed by atoms with Gasteiger partial charge in [0.15, 0.2) is 0 Å². The monoisotopic (exact) mass is 219 g/mol. The third-order valence-corrected chi connectivity index (χ3v) is 2.79. The van der Waals surface area contributed by atoms with Crippen molar-refractivity contribution in [3.63, 3.8) is 0 Å². The third-order valence-electron chi connectivity index (χ3n) is 2.79. The van der Waals surface area contributed by atoms with E-state index in [0.29, 0.717) is 0 Å². The Morgan fingerprint density at radius 3 is 2.38 bits per heavy atom. The van der Waals surface area contributed by atoms with E-state index >= 15 is 0 Å². The van der Waals surface area contributed by atoms with Crippen molar-refractivity contribution in [2.45, 2.75) is 33.6 Å². The molecule has 1 aromatic carbocycles. The van der Waals surface area contributed by atoms with Crippen molar-refractivity contribution in [3.8, 4) is 0 Å². The first kappa shape index (κ1) is 13.2. The lowest BCUT2D eigenvalue weighted by molar-refractivity contribution is 0.474. The van der Waals surface area contributed by atoms with E-state index in [9.17, 15) is 0 Å². The van der Waals surface area contributed by atoms with Gasteiger partial charge in [0.2, 0.25) is 0 Å². The summed E-state index contributed by atoms with van der Waals surface area (Å²) in [6.07, 6.45) is 2.46. The van der Waals surface area contributed by atoms with Gasteiger partial charge in [-0.25, -0.2) is 0 Å². The van der Waals surface area contributed by atoms with Crippen LogP contribution < -0.4 is 5.32 Å². The summed E-state index contributed by atoms with van der Waals surface area (Å²) in [5.74, 6) is 1.52. The van der Waals surface area contributed by atoms with Gasteiger partial charge in [-0.2, -0.15) is 0 Å². The van der Waals surface area contributed by atoms with E-state index in [2.05, 4.69) is 56.4 Å². The fourth-order valence-electron chi connectivity index (χ4n) is 1.86. The standard InChI is InChI=1S/C15H25N/c1-13(2)12-16-10-9-14(3)11-15-7-5-4-6-8-15/h4-8,13-14,16H,9-12H2,1-3H3. The molecular weight excluding hydrogens is 194 g/mol. The molecular formula is C15H25N. The van der Waals surface area contributed by atoms with Gasteiger partial charge in [0.25, 0.3) is 0 Å². The summed E-state index contributed by atoms with van der Waals surface area (Å²) in [6, 6.07) is 10.8. The Hall–Kier alpha value is -0.820. The van der Waals surface area contributed by atoms with Gasteiger partial charge in [0, 0.05) is 0 Å². The Labute approximate surface area is 100 Å². The number of hydrogen-bond acceptors (Lipinski definition) is 1. The molecule has 0 aromatic heterocycles.